The number of fused-ring (bicyclic) bond motifs is 1. The number of H-pyrrole nitrogens is 1. The van der Waals surface area contributed by atoms with Crippen LogP contribution in [0.4, 0.5) is 0 Å². The molecule has 1 aliphatic heterocycles. The zero-order valence-electron chi connectivity index (χ0n) is 13.6. The number of piperazine rings is 1. The summed E-state index contributed by atoms with van der Waals surface area (Å²) in [5.74, 6) is 0. The van der Waals surface area contributed by atoms with Gasteiger partial charge in [-0.25, -0.2) is 4.98 Å². The van der Waals surface area contributed by atoms with Crippen LogP contribution in [-0.2, 0) is 6.54 Å². The second-order valence-electron chi connectivity index (χ2n) is 6.03. The Balaban J connectivity index is 0.00000169. The van der Waals surface area contributed by atoms with Crippen molar-refractivity contribution in [2.45, 2.75) is 19.5 Å². The zero-order chi connectivity index (χ0) is 15.6. The van der Waals surface area contributed by atoms with Crippen LogP contribution in [0.2, 0.25) is 0 Å². The maximum Gasteiger partial charge on any atom is 0.181 e. The van der Waals surface area contributed by atoms with Gasteiger partial charge in [0.15, 0.2) is 5.65 Å². The van der Waals surface area contributed by atoms with Crippen LogP contribution in [0.3, 0.4) is 0 Å². The molecule has 0 radical (unpaired) electrons. The molecule has 3 aromatic heterocycles. The average Bonchev–Trinajstić information content (AvgIpc) is 2.97. The van der Waals surface area contributed by atoms with Gasteiger partial charge in [0.2, 0.25) is 0 Å². The normalized spacial score (nSPS) is 18.5. The third-order valence-corrected chi connectivity index (χ3v) is 4.49. The Morgan fingerprint density at radius 1 is 1.29 bits per heavy atom. The molecule has 0 bridgehead atoms. The van der Waals surface area contributed by atoms with Crippen molar-refractivity contribution < 1.29 is 0 Å². The highest BCUT2D eigenvalue weighted by Crippen LogP contribution is 2.24. The minimum Gasteiger partial charge on any atom is -0.314 e. The van der Waals surface area contributed by atoms with Gasteiger partial charge in [0, 0.05) is 61.9 Å². The van der Waals surface area contributed by atoms with Crippen molar-refractivity contribution >= 4 is 23.4 Å². The summed E-state index contributed by atoms with van der Waals surface area (Å²) in [6.07, 6.45) is 5.67. The third kappa shape index (κ3) is 3.26. The molecular formula is C17H21ClN6. The number of hydrogen-bond donors (Lipinski definition) is 2. The van der Waals surface area contributed by atoms with E-state index in [-0.39, 0.29) is 12.4 Å². The molecule has 1 atom stereocenters. The van der Waals surface area contributed by atoms with Gasteiger partial charge in [-0.15, -0.1) is 12.4 Å². The van der Waals surface area contributed by atoms with Crippen LogP contribution in [0.5, 0.6) is 0 Å². The number of halogens is 1. The number of aromatic nitrogens is 4. The fourth-order valence-corrected chi connectivity index (χ4v) is 3.23. The van der Waals surface area contributed by atoms with Crippen molar-refractivity contribution in [2.24, 2.45) is 0 Å². The Hall–Kier alpha value is -2.02. The highest BCUT2D eigenvalue weighted by molar-refractivity contribution is 5.85. The molecule has 1 fully saturated rings. The summed E-state index contributed by atoms with van der Waals surface area (Å²) in [7, 11) is 0. The minimum absolute atomic E-state index is 0. The third-order valence-electron chi connectivity index (χ3n) is 4.49. The first-order valence-corrected chi connectivity index (χ1v) is 7.95. The first-order chi connectivity index (χ1) is 11.3. The van der Waals surface area contributed by atoms with E-state index in [0.717, 1.165) is 42.9 Å². The molecule has 1 aliphatic rings. The highest BCUT2D eigenvalue weighted by atomic mass is 35.5. The summed E-state index contributed by atoms with van der Waals surface area (Å²) in [6, 6.07) is 6.78. The fraction of sp³-hybridized carbons (Fsp3) is 0.353. The molecule has 126 valence electrons. The maximum absolute atomic E-state index is 4.47. The summed E-state index contributed by atoms with van der Waals surface area (Å²) in [5.41, 5.74) is 4.39. The lowest BCUT2D eigenvalue weighted by molar-refractivity contribution is 0.153. The minimum atomic E-state index is 0. The number of aryl methyl sites for hydroxylation is 1. The second-order valence-corrected chi connectivity index (χ2v) is 6.03. The Morgan fingerprint density at radius 2 is 2.12 bits per heavy atom. The molecule has 0 aliphatic carbocycles. The molecule has 0 spiro atoms. The summed E-state index contributed by atoms with van der Waals surface area (Å²) in [4.78, 5) is 11.1. The lowest BCUT2D eigenvalue weighted by Gasteiger charge is -2.36. The van der Waals surface area contributed by atoms with Gasteiger partial charge < -0.3 is 5.32 Å². The number of nitrogens with zero attached hydrogens (tertiary/aromatic N) is 4. The highest BCUT2D eigenvalue weighted by Gasteiger charge is 2.23. The molecule has 0 saturated carbocycles. The summed E-state index contributed by atoms with van der Waals surface area (Å²) < 4.78 is 0. The molecule has 6 nitrogen and oxygen atoms in total. The summed E-state index contributed by atoms with van der Waals surface area (Å²) >= 11 is 0. The van der Waals surface area contributed by atoms with Crippen molar-refractivity contribution in [2.75, 3.05) is 19.6 Å². The second kappa shape index (κ2) is 7.25. The van der Waals surface area contributed by atoms with Gasteiger partial charge in [-0.2, -0.15) is 5.10 Å². The van der Waals surface area contributed by atoms with Crippen LogP contribution in [0.25, 0.3) is 11.0 Å². The molecule has 0 aromatic carbocycles. The quantitative estimate of drug-likeness (QED) is 0.762. The molecule has 24 heavy (non-hydrogen) atoms. The van der Waals surface area contributed by atoms with Crippen LogP contribution in [-0.4, -0.2) is 44.7 Å². The van der Waals surface area contributed by atoms with Gasteiger partial charge in [-0.3, -0.25) is 15.0 Å². The Labute approximate surface area is 147 Å². The van der Waals surface area contributed by atoms with E-state index in [2.05, 4.69) is 48.6 Å². The van der Waals surface area contributed by atoms with Crippen molar-refractivity contribution in [3.05, 3.63) is 53.6 Å². The molecule has 0 amide bonds. The molecule has 3 aromatic rings. The zero-order valence-corrected chi connectivity index (χ0v) is 14.4. The molecule has 7 heteroatoms. The predicted molar refractivity (Wildman–Crippen MR) is 96.1 cm³/mol. The van der Waals surface area contributed by atoms with Crippen LogP contribution in [0.15, 0.2) is 36.8 Å². The molecule has 4 rings (SSSR count). The molecular weight excluding hydrogens is 324 g/mol. The molecule has 1 unspecified atom stereocenters. The number of nitrogens with one attached hydrogen (secondary N) is 2. The van der Waals surface area contributed by atoms with Crippen molar-refractivity contribution in [3.63, 3.8) is 0 Å². The van der Waals surface area contributed by atoms with Crippen molar-refractivity contribution in [3.8, 4) is 0 Å². The van der Waals surface area contributed by atoms with Crippen molar-refractivity contribution in [1.29, 1.82) is 0 Å². The van der Waals surface area contributed by atoms with Gasteiger partial charge in [0.25, 0.3) is 0 Å². The summed E-state index contributed by atoms with van der Waals surface area (Å²) in [5, 5.41) is 11.8. The fourth-order valence-electron chi connectivity index (χ4n) is 3.23. The number of pyridine rings is 2. The summed E-state index contributed by atoms with van der Waals surface area (Å²) in [6.45, 7) is 5.93. The van der Waals surface area contributed by atoms with E-state index in [4.69, 9.17) is 0 Å². The Kier molecular flexibility index (Phi) is 5.08. The van der Waals surface area contributed by atoms with E-state index in [1.807, 2.05) is 25.5 Å². The van der Waals surface area contributed by atoms with E-state index in [1.165, 1.54) is 11.1 Å². The lowest BCUT2D eigenvalue weighted by Crippen LogP contribution is -2.45. The average molecular weight is 345 g/mol. The first kappa shape index (κ1) is 16.8. The van der Waals surface area contributed by atoms with Crippen LogP contribution in [0, 0.1) is 6.92 Å². The largest absolute Gasteiger partial charge is 0.314 e. The Morgan fingerprint density at radius 3 is 2.96 bits per heavy atom. The first-order valence-electron chi connectivity index (χ1n) is 7.95. The van der Waals surface area contributed by atoms with Gasteiger partial charge in [-0.05, 0) is 36.2 Å². The van der Waals surface area contributed by atoms with E-state index < -0.39 is 0 Å². The number of aromatic amines is 1. The maximum atomic E-state index is 4.47. The van der Waals surface area contributed by atoms with Gasteiger partial charge in [-0.1, -0.05) is 0 Å². The van der Waals surface area contributed by atoms with Crippen LogP contribution in [0.1, 0.15) is 22.9 Å². The monoisotopic (exact) mass is 344 g/mol. The van der Waals surface area contributed by atoms with E-state index in [0.29, 0.717) is 6.04 Å². The van der Waals surface area contributed by atoms with Gasteiger partial charge >= 0.3 is 0 Å². The van der Waals surface area contributed by atoms with Crippen molar-refractivity contribution in [1.82, 2.24) is 30.4 Å². The molecule has 2 N–H and O–H groups in total. The number of rotatable bonds is 3. The van der Waals surface area contributed by atoms with Gasteiger partial charge in [0.1, 0.15) is 0 Å². The topological polar surface area (TPSA) is 69.7 Å². The Bertz CT molecular complexity index is 803. The smallest absolute Gasteiger partial charge is 0.181 e. The SMILES string of the molecule is Cc1[nH]nc2ncc(CN3CCNCC3c3ccncc3)cc12.Cl. The van der Waals surface area contributed by atoms with Crippen LogP contribution >= 0.6 is 12.4 Å². The van der Waals surface area contributed by atoms with E-state index >= 15 is 0 Å². The predicted octanol–water partition coefficient (Wildman–Crippen LogP) is 2.23. The standard InChI is InChI=1S/C17H20N6.ClH/c1-12-15-8-13(9-20-17(15)22-21-12)11-23-7-6-19-10-16(23)14-2-4-18-5-3-14;/h2-5,8-9,16,19H,6-7,10-11H2,1H3,(H,20,21,22);1H. The number of hydrogen-bond acceptors (Lipinski definition) is 5. The molecule has 4 heterocycles. The van der Waals surface area contributed by atoms with E-state index in [1.54, 1.807) is 0 Å². The van der Waals surface area contributed by atoms with Crippen LogP contribution < -0.4 is 5.32 Å². The molecule has 1 saturated heterocycles. The van der Waals surface area contributed by atoms with E-state index in [9.17, 15) is 0 Å². The van der Waals surface area contributed by atoms with Gasteiger partial charge in [0.05, 0.1) is 0 Å². The lowest BCUT2D eigenvalue weighted by atomic mass is 10.0.